The number of aromatic nitrogens is 2. The lowest BCUT2D eigenvalue weighted by Gasteiger charge is -2.28. The Morgan fingerprint density at radius 3 is 2.29 bits per heavy atom. The van der Waals surface area contributed by atoms with Crippen LogP contribution in [-0.4, -0.2) is 76.3 Å². The van der Waals surface area contributed by atoms with Gasteiger partial charge in [-0.15, -0.1) is 0 Å². The van der Waals surface area contributed by atoms with E-state index in [-0.39, 0.29) is 13.1 Å². The second-order valence-electron chi connectivity index (χ2n) is 7.63. The number of aliphatic carboxylic acids is 1. The number of carbonyl (C=O) groups excluding carboxylic acids is 2. The predicted molar refractivity (Wildman–Crippen MR) is 115 cm³/mol. The third-order valence-corrected chi connectivity index (χ3v) is 6.85. The van der Waals surface area contributed by atoms with Crippen molar-refractivity contribution in [2.75, 3.05) is 18.8 Å². The van der Waals surface area contributed by atoms with Crippen LogP contribution < -0.4 is 10.6 Å². The molecule has 11 nitrogen and oxygen atoms in total. The molecular formula is C20H22F3N5O6S. The molecule has 1 aromatic heterocycles. The quantitative estimate of drug-likeness (QED) is 0.387. The number of aryl methyl sites for hydroxylation is 1. The van der Waals surface area contributed by atoms with E-state index in [0.717, 1.165) is 17.8 Å². The highest BCUT2D eigenvalue weighted by Gasteiger charge is 2.46. The molecule has 3 amide bonds. The zero-order valence-electron chi connectivity index (χ0n) is 18.6. The van der Waals surface area contributed by atoms with Crippen molar-refractivity contribution in [2.45, 2.75) is 38.4 Å². The van der Waals surface area contributed by atoms with Crippen LogP contribution >= 0.6 is 0 Å². The molecule has 0 unspecified atom stereocenters. The van der Waals surface area contributed by atoms with E-state index in [1.54, 1.807) is 18.5 Å². The van der Waals surface area contributed by atoms with E-state index >= 15 is 0 Å². The standard InChI is InChI=1S/C18H21N5O4S.C2HF3O2/c1-3-15-19-10-14(11-20-15)5-4-13-6-8-23(9-7-13)28(26,27)12-18(2)16(24)21-17(25)22-18;3-2(4,5)1(6)7/h6,10-11H,3,7-9,12H2,1-2H3,(H2,21,22,24,25);(H,6,7)/t18-;/m1./s1. The molecule has 0 saturated carbocycles. The van der Waals surface area contributed by atoms with Crippen molar-refractivity contribution in [2.24, 2.45) is 0 Å². The van der Waals surface area contributed by atoms with Gasteiger partial charge in [0.05, 0.1) is 11.3 Å². The van der Waals surface area contributed by atoms with Crippen molar-refractivity contribution in [3.05, 3.63) is 35.4 Å². The van der Waals surface area contributed by atoms with Gasteiger partial charge in [-0.3, -0.25) is 10.1 Å². The first kappa shape index (κ1) is 27.7. The molecule has 1 fully saturated rings. The summed E-state index contributed by atoms with van der Waals surface area (Å²) in [6.07, 6.45) is 1.23. The number of amides is 3. The second-order valence-corrected chi connectivity index (χ2v) is 9.60. The highest BCUT2D eigenvalue weighted by Crippen LogP contribution is 2.19. The number of urea groups is 1. The van der Waals surface area contributed by atoms with Crippen LogP contribution in [0.4, 0.5) is 18.0 Å². The maximum Gasteiger partial charge on any atom is 0.490 e. The number of hydrogen-bond acceptors (Lipinski definition) is 7. The Kier molecular flexibility index (Phi) is 8.58. The fourth-order valence-corrected chi connectivity index (χ4v) is 4.69. The van der Waals surface area contributed by atoms with Gasteiger partial charge in [-0.2, -0.15) is 17.5 Å². The molecule has 2 aliphatic heterocycles. The molecule has 15 heteroatoms. The lowest BCUT2D eigenvalue weighted by molar-refractivity contribution is -0.192. The largest absolute Gasteiger partial charge is 0.490 e. The predicted octanol–water partition coefficient (Wildman–Crippen LogP) is 0.584. The van der Waals surface area contributed by atoms with Crippen LogP contribution in [0.2, 0.25) is 0 Å². The van der Waals surface area contributed by atoms with E-state index < -0.39 is 45.4 Å². The molecule has 190 valence electrons. The van der Waals surface area contributed by atoms with E-state index in [1.165, 1.54) is 11.2 Å². The first-order chi connectivity index (χ1) is 16.2. The minimum atomic E-state index is -5.08. The SMILES string of the molecule is CCc1ncc(C#CC2=CCN(S(=O)(=O)C[C@@]3(C)NC(=O)NC3=O)CC2)cn1.O=C(O)C(F)(F)F. The minimum absolute atomic E-state index is 0.170. The normalized spacial score (nSPS) is 20.4. The molecule has 0 spiro atoms. The van der Waals surface area contributed by atoms with Crippen LogP contribution in [-0.2, 0) is 26.0 Å². The Morgan fingerprint density at radius 1 is 1.26 bits per heavy atom. The van der Waals surface area contributed by atoms with E-state index in [9.17, 15) is 31.2 Å². The van der Waals surface area contributed by atoms with Gasteiger partial charge in [-0.05, 0) is 13.3 Å². The third-order valence-electron chi connectivity index (χ3n) is 4.79. The molecule has 3 N–H and O–H groups in total. The first-order valence-corrected chi connectivity index (χ1v) is 11.7. The number of rotatable bonds is 4. The highest BCUT2D eigenvalue weighted by molar-refractivity contribution is 7.89. The van der Waals surface area contributed by atoms with E-state index in [0.29, 0.717) is 12.0 Å². The monoisotopic (exact) mass is 517 g/mol. The molecule has 1 atom stereocenters. The van der Waals surface area contributed by atoms with Gasteiger partial charge in [-0.1, -0.05) is 24.8 Å². The molecule has 35 heavy (non-hydrogen) atoms. The van der Waals surface area contributed by atoms with Crippen LogP contribution in [0.1, 0.15) is 31.7 Å². The average molecular weight is 517 g/mol. The van der Waals surface area contributed by atoms with Crippen LogP contribution in [0.5, 0.6) is 0 Å². The number of alkyl halides is 3. The molecule has 1 aromatic rings. The maximum absolute atomic E-state index is 12.7. The van der Waals surface area contributed by atoms with Crippen LogP contribution in [0.25, 0.3) is 0 Å². The summed E-state index contributed by atoms with van der Waals surface area (Å²) in [5, 5.41) is 11.6. The van der Waals surface area contributed by atoms with Gasteiger partial charge in [0.1, 0.15) is 11.4 Å². The Balaban J connectivity index is 0.000000540. The van der Waals surface area contributed by atoms with E-state index in [2.05, 4.69) is 32.4 Å². The number of sulfonamides is 1. The van der Waals surface area contributed by atoms with Crippen LogP contribution in [0.15, 0.2) is 24.0 Å². The number of nitrogens with zero attached hydrogens (tertiary/aromatic N) is 3. The van der Waals surface area contributed by atoms with E-state index in [1.807, 2.05) is 6.92 Å². The zero-order valence-corrected chi connectivity index (χ0v) is 19.5. The molecule has 0 bridgehead atoms. The number of carboxylic acids is 1. The summed E-state index contributed by atoms with van der Waals surface area (Å²) in [6.45, 7) is 3.80. The summed E-state index contributed by atoms with van der Waals surface area (Å²) in [6, 6.07) is -0.685. The number of halogens is 3. The summed E-state index contributed by atoms with van der Waals surface area (Å²) in [7, 11) is -3.73. The fraction of sp³-hybridized carbons (Fsp3) is 0.450. The van der Waals surface area contributed by atoms with Gasteiger partial charge in [0, 0.05) is 37.5 Å². The molecule has 0 aliphatic carbocycles. The van der Waals surface area contributed by atoms with Crippen molar-refractivity contribution < 1.29 is 41.1 Å². The van der Waals surface area contributed by atoms with Crippen molar-refractivity contribution in [1.29, 1.82) is 0 Å². The number of carbonyl (C=O) groups is 3. The molecule has 1 saturated heterocycles. The Hall–Kier alpha value is -3.51. The maximum atomic E-state index is 12.7. The van der Waals surface area contributed by atoms with Gasteiger partial charge in [0.25, 0.3) is 5.91 Å². The molecule has 0 aromatic carbocycles. The topological polar surface area (TPSA) is 159 Å². The Morgan fingerprint density at radius 2 is 1.86 bits per heavy atom. The molecule has 3 heterocycles. The first-order valence-electron chi connectivity index (χ1n) is 10.1. The average Bonchev–Trinajstić information content (AvgIpc) is 3.02. The van der Waals surface area contributed by atoms with Crippen molar-refractivity contribution >= 4 is 27.9 Å². The molecule has 3 rings (SSSR count). The molecule has 0 radical (unpaired) electrons. The number of nitrogens with one attached hydrogen (secondary N) is 2. The molecular weight excluding hydrogens is 495 g/mol. The summed E-state index contributed by atoms with van der Waals surface area (Å²) in [5.41, 5.74) is 0.0675. The Bertz CT molecular complexity index is 1190. The van der Waals surface area contributed by atoms with Crippen molar-refractivity contribution in [1.82, 2.24) is 24.9 Å². The number of carboxylic acid groups (broad SMARTS) is 1. The van der Waals surface area contributed by atoms with Gasteiger partial charge in [0.2, 0.25) is 10.0 Å². The van der Waals surface area contributed by atoms with Crippen molar-refractivity contribution in [3.8, 4) is 11.8 Å². The molecule has 2 aliphatic rings. The van der Waals surface area contributed by atoms with Gasteiger partial charge >= 0.3 is 18.2 Å². The number of imide groups is 1. The van der Waals surface area contributed by atoms with E-state index in [4.69, 9.17) is 9.90 Å². The number of hydrogen-bond donors (Lipinski definition) is 3. The summed E-state index contributed by atoms with van der Waals surface area (Å²) in [5.74, 6) is 2.87. The summed E-state index contributed by atoms with van der Waals surface area (Å²) in [4.78, 5) is 40.4. The smallest absolute Gasteiger partial charge is 0.475 e. The summed E-state index contributed by atoms with van der Waals surface area (Å²) < 4.78 is 58.3. The van der Waals surface area contributed by atoms with Crippen LogP contribution in [0, 0.1) is 11.8 Å². The summed E-state index contributed by atoms with van der Waals surface area (Å²) >= 11 is 0. The van der Waals surface area contributed by atoms with Crippen LogP contribution in [0.3, 0.4) is 0 Å². The minimum Gasteiger partial charge on any atom is -0.475 e. The van der Waals surface area contributed by atoms with Crippen molar-refractivity contribution in [3.63, 3.8) is 0 Å². The van der Waals surface area contributed by atoms with Gasteiger partial charge in [0.15, 0.2) is 0 Å². The lowest BCUT2D eigenvalue weighted by Crippen LogP contribution is -2.52. The second kappa shape index (κ2) is 10.8. The highest BCUT2D eigenvalue weighted by atomic mass is 32.2. The van der Waals surface area contributed by atoms with Gasteiger partial charge < -0.3 is 10.4 Å². The van der Waals surface area contributed by atoms with Gasteiger partial charge in [-0.25, -0.2) is 28.0 Å². The lowest BCUT2D eigenvalue weighted by atomic mass is 10.1. The zero-order chi connectivity index (χ0) is 26.4. The Labute approximate surface area is 198 Å². The third kappa shape index (κ3) is 7.76. The fourth-order valence-electron chi connectivity index (χ4n) is 2.91.